The average Bonchev–Trinajstić information content (AvgIpc) is 3.11. The highest BCUT2D eigenvalue weighted by molar-refractivity contribution is 14.0. The fraction of sp³-hybridized carbons (Fsp3) is 0.286. The van der Waals surface area contributed by atoms with Gasteiger partial charge in [0.15, 0.2) is 5.96 Å². The number of hydrogen-bond acceptors (Lipinski definition) is 5. The third-order valence-electron chi connectivity index (χ3n) is 4.55. The third kappa shape index (κ3) is 6.74. The van der Waals surface area contributed by atoms with Crippen LogP contribution in [0, 0.1) is 13.8 Å². The molecule has 3 N–H and O–H groups in total. The number of benzene rings is 1. The summed E-state index contributed by atoms with van der Waals surface area (Å²) in [5.74, 6) is 0.573. The standard InChI is InChI=1S/C21H27N7O2S.HI/c1-16-13-17(2)28(27-16)20-9-5-4-7-18(20)14-25-21(22-3)24-11-12-26-31(29,30)19-8-6-10-23-15-19;/h4-10,13,15,26H,11-12,14H2,1-3H3,(H2,22,24,25);1H. The highest BCUT2D eigenvalue weighted by Crippen LogP contribution is 2.16. The molecule has 3 aromatic rings. The molecule has 2 aromatic heterocycles. The molecule has 0 aliphatic rings. The Hall–Kier alpha value is -2.51. The number of nitrogens with zero attached hydrogens (tertiary/aromatic N) is 4. The Labute approximate surface area is 205 Å². The van der Waals surface area contributed by atoms with Gasteiger partial charge in [-0.05, 0) is 43.7 Å². The SMILES string of the molecule is CN=C(NCCNS(=O)(=O)c1cccnc1)NCc1ccccc1-n1nc(C)cc1C.I. The summed E-state index contributed by atoms with van der Waals surface area (Å²) < 4.78 is 28.9. The number of nitrogens with one attached hydrogen (secondary N) is 3. The van der Waals surface area contributed by atoms with Crippen LogP contribution in [-0.2, 0) is 16.6 Å². The van der Waals surface area contributed by atoms with E-state index in [2.05, 4.69) is 30.4 Å². The number of aryl methyl sites for hydroxylation is 2. The summed E-state index contributed by atoms with van der Waals surface area (Å²) in [4.78, 5) is 8.18. The van der Waals surface area contributed by atoms with Crippen LogP contribution in [-0.4, -0.2) is 49.3 Å². The molecule has 0 saturated heterocycles. The van der Waals surface area contributed by atoms with Gasteiger partial charge < -0.3 is 10.6 Å². The minimum absolute atomic E-state index is 0. The lowest BCUT2D eigenvalue weighted by Gasteiger charge is -2.15. The second-order valence-electron chi connectivity index (χ2n) is 6.91. The molecule has 172 valence electrons. The van der Waals surface area contributed by atoms with Gasteiger partial charge in [-0.1, -0.05) is 18.2 Å². The highest BCUT2D eigenvalue weighted by atomic mass is 127. The number of sulfonamides is 1. The summed E-state index contributed by atoms with van der Waals surface area (Å²) in [5, 5.41) is 10.9. The van der Waals surface area contributed by atoms with Crippen molar-refractivity contribution in [2.24, 2.45) is 4.99 Å². The first kappa shape index (κ1) is 25.7. The first-order chi connectivity index (χ1) is 14.9. The van der Waals surface area contributed by atoms with E-state index in [9.17, 15) is 8.42 Å². The van der Waals surface area contributed by atoms with Crippen molar-refractivity contribution in [2.75, 3.05) is 20.1 Å². The van der Waals surface area contributed by atoms with Gasteiger partial charge in [0, 0.05) is 44.8 Å². The topological polar surface area (TPSA) is 113 Å². The van der Waals surface area contributed by atoms with Crippen molar-refractivity contribution in [3.8, 4) is 5.69 Å². The zero-order chi connectivity index (χ0) is 22.3. The predicted molar refractivity (Wildman–Crippen MR) is 136 cm³/mol. The van der Waals surface area contributed by atoms with Crippen molar-refractivity contribution in [3.05, 3.63) is 71.8 Å². The van der Waals surface area contributed by atoms with Crippen LogP contribution in [0.4, 0.5) is 0 Å². The maximum absolute atomic E-state index is 12.2. The van der Waals surface area contributed by atoms with E-state index in [1.165, 1.54) is 18.5 Å². The molecule has 0 atom stereocenters. The molecule has 0 amide bonds. The number of aliphatic imine (C=N–C) groups is 1. The van der Waals surface area contributed by atoms with Crippen molar-refractivity contribution in [3.63, 3.8) is 0 Å². The van der Waals surface area contributed by atoms with Crippen molar-refractivity contribution in [1.82, 2.24) is 30.1 Å². The Bertz CT molecular complexity index is 1150. The van der Waals surface area contributed by atoms with Crippen LogP contribution in [0.3, 0.4) is 0 Å². The Morgan fingerprint density at radius 2 is 1.88 bits per heavy atom. The van der Waals surface area contributed by atoms with Crippen molar-refractivity contribution in [2.45, 2.75) is 25.3 Å². The normalized spacial score (nSPS) is 11.7. The summed E-state index contributed by atoms with van der Waals surface area (Å²) >= 11 is 0. The molecule has 0 spiro atoms. The van der Waals surface area contributed by atoms with E-state index < -0.39 is 10.0 Å². The molecule has 2 heterocycles. The Balaban J connectivity index is 0.00000363. The molecule has 1 aromatic carbocycles. The number of para-hydroxylation sites is 1. The van der Waals surface area contributed by atoms with Gasteiger partial charge in [0.05, 0.1) is 11.4 Å². The first-order valence-corrected chi connectivity index (χ1v) is 11.3. The van der Waals surface area contributed by atoms with Gasteiger partial charge in [0.25, 0.3) is 0 Å². The predicted octanol–water partition coefficient (Wildman–Crippen LogP) is 2.15. The van der Waals surface area contributed by atoms with E-state index in [1.54, 1.807) is 13.1 Å². The zero-order valence-electron chi connectivity index (χ0n) is 18.2. The summed E-state index contributed by atoms with van der Waals surface area (Å²) in [5.41, 5.74) is 4.09. The summed E-state index contributed by atoms with van der Waals surface area (Å²) in [6.07, 6.45) is 2.85. The van der Waals surface area contributed by atoms with Crippen molar-refractivity contribution < 1.29 is 8.42 Å². The maximum Gasteiger partial charge on any atom is 0.242 e. The van der Waals surface area contributed by atoms with E-state index in [0.717, 1.165) is 22.6 Å². The molecule has 0 unspecified atom stereocenters. The van der Waals surface area contributed by atoms with Gasteiger partial charge in [-0.3, -0.25) is 9.98 Å². The van der Waals surface area contributed by atoms with Crippen LogP contribution >= 0.6 is 24.0 Å². The van der Waals surface area contributed by atoms with E-state index in [1.807, 2.05) is 48.9 Å². The lowest BCUT2D eigenvalue weighted by atomic mass is 10.1. The average molecular weight is 569 g/mol. The van der Waals surface area contributed by atoms with Crippen LogP contribution in [0.2, 0.25) is 0 Å². The minimum Gasteiger partial charge on any atom is -0.355 e. The Kier molecular flexibility index (Phi) is 9.60. The quantitative estimate of drug-likeness (QED) is 0.166. The number of aromatic nitrogens is 3. The second-order valence-corrected chi connectivity index (χ2v) is 8.67. The van der Waals surface area contributed by atoms with Crippen LogP contribution < -0.4 is 15.4 Å². The van der Waals surface area contributed by atoms with Crippen molar-refractivity contribution in [1.29, 1.82) is 0 Å². The summed E-state index contributed by atoms with van der Waals surface area (Å²) in [6.45, 7) is 5.12. The lowest BCUT2D eigenvalue weighted by Crippen LogP contribution is -2.41. The van der Waals surface area contributed by atoms with Gasteiger partial charge in [-0.25, -0.2) is 17.8 Å². The van der Waals surface area contributed by atoms with Crippen molar-refractivity contribution >= 4 is 40.0 Å². The van der Waals surface area contributed by atoms with E-state index >= 15 is 0 Å². The van der Waals surface area contributed by atoms with Gasteiger partial charge in [0.2, 0.25) is 10.0 Å². The molecule has 32 heavy (non-hydrogen) atoms. The molecule has 0 radical (unpaired) electrons. The fourth-order valence-electron chi connectivity index (χ4n) is 3.09. The molecule has 0 bridgehead atoms. The van der Waals surface area contributed by atoms with Crippen LogP contribution in [0.15, 0.2) is 64.7 Å². The smallest absolute Gasteiger partial charge is 0.242 e. The van der Waals surface area contributed by atoms with Gasteiger partial charge in [-0.15, -0.1) is 24.0 Å². The molecule has 3 rings (SSSR count). The first-order valence-electron chi connectivity index (χ1n) is 9.86. The van der Waals surface area contributed by atoms with E-state index in [4.69, 9.17) is 0 Å². The van der Waals surface area contributed by atoms with E-state index in [-0.39, 0.29) is 35.4 Å². The van der Waals surface area contributed by atoms with E-state index in [0.29, 0.717) is 19.0 Å². The highest BCUT2D eigenvalue weighted by Gasteiger charge is 2.13. The molecule has 0 fully saturated rings. The molecule has 0 aliphatic heterocycles. The number of halogens is 1. The number of rotatable bonds is 8. The number of hydrogen-bond donors (Lipinski definition) is 3. The molecule has 0 saturated carbocycles. The van der Waals surface area contributed by atoms with Gasteiger partial charge in [-0.2, -0.15) is 5.10 Å². The van der Waals surface area contributed by atoms with Gasteiger partial charge >= 0.3 is 0 Å². The van der Waals surface area contributed by atoms with Crippen LogP contribution in [0.5, 0.6) is 0 Å². The Morgan fingerprint density at radius 1 is 1.09 bits per heavy atom. The number of guanidine groups is 1. The second kappa shape index (κ2) is 11.9. The largest absolute Gasteiger partial charge is 0.355 e. The maximum atomic E-state index is 12.2. The summed E-state index contributed by atoms with van der Waals surface area (Å²) in [7, 11) is -1.91. The molecule has 9 nitrogen and oxygen atoms in total. The van der Waals surface area contributed by atoms with Gasteiger partial charge in [0.1, 0.15) is 4.90 Å². The van der Waals surface area contributed by atoms with Crippen LogP contribution in [0.1, 0.15) is 17.0 Å². The third-order valence-corrected chi connectivity index (χ3v) is 6.00. The molecular formula is C21H28IN7O2S. The fourth-order valence-corrected chi connectivity index (χ4v) is 4.09. The number of pyridine rings is 1. The zero-order valence-corrected chi connectivity index (χ0v) is 21.4. The minimum atomic E-state index is -3.58. The molecule has 0 aliphatic carbocycles. The Morgan fingerprint density at radius 3 is 2.53 bits per heavy atom. The lowest BCUT2D eigenvalue weighted by molar-refractivity contribution is 0.580. The molecule has 11 heteroatoms. The van der Waals surface area contributed by atoms with Crippen LogP contribution in [0.25, 0.3) is 5.69 Å². The summed E-state index contributed by atoms with van der Waals surface area (Å²) in [6, 6.07) is 13.2. The monoisotopic (exact) mass is 569 g/mol. The molecular weight excluding hydrogens is 541 g/mol.